The average Bonchev–Trinajstić information content (AvgIpc) is 3.09. The van der Waals surface area contributed by atoms with E-state index in [0.717, 1.165) is 16.8 Å². The summed E-state index contributed by atoms with van der Waals surface area (Å²) in [5.41, 5.74) is 2.39. The monoisotopic (exact) mass is 284 g/mol. The van der Waals surface area contributed by atoms with Gasteiger partial charge in [-0.15, -0.1) is 11.3 Å². The van der Waals surface area contributed by atoms with Gasteiger partial charge in [0.2, 0.25) is 5.91 Å². The molecule has 0 bridgehead atoms. The molecule has 4 heteroatoms. The molecule has 0 atom stereocenters. The van der Waals surface area contributed by atoms with Crippen LogP contribution in [0.15, 0.2) is 48.0 Å². The second kappa shape index (κ2) is 5.92. The van der Waals surface area contributed by atoms with E-state index in [9.17, 15) is 4.79 Å². The standard InChI is InChI=1S/C16H16N2OS/c19-16(11-14-2-1-9-20-14)18-7-5-12-3-4-15-13(10-12)6-8-17-15/h1-4,6,8-10,17H,5,7,11H2,(H,18,19). The Kier molecular flexibility index (Phi) is 3.83. The number of nitrogens with one attached hydrogen (secondary N) is 2. The Labute approximate surface area is 121 Å². The molecule has 1 aromatic carbocycles. The van der Waals surface area contributed by atoms with Crippen LogP contribution in [-0.4, -0.2) is 17.4 Å². The van der Waals surface area contributed by atoms with Crippen molar-refractivity contribution in [2.24, 2.45) is 0 Å². The molecule has 2 aromatic heterocycles. The number of H-pyrrole nitrogens is 1. The first kappa shape index (κ1) is 12.9. The Morgan fingerprint density at radius 2 is 2.20 bits per heavy atom. The van der Waals surface area contributed by atoms with Gasteiger partial charge in [-0.1, -0.05) is 12.1 Å². The lowest BCUT2D eigenvalue weighted by molar-refractivity contribution is -0.120. The number of rotatable bonds is 5. The maximum absolute atomic E-state index is 11.8. The van der Waals surface area contributed by atoms with Crippen LogP contribution in [-0.2, 0) is 17.6 Å². The number of fused-ring (bicyclic) bond motifs is 1. The first-order chi connectivity index (χ1) is 9.81. The fourth-order valence-corrected chi connectivity index (χ4v) is 2.94. The van der Waals surface area contributed by atoms with Crippen LogP contribution in [0.1, 0.15) is 10.4 Å². The lowest BCUT2D eigenvalue weighted by atomic mass is 10.1. The maximum atomic E-state index is 11.8. The lowest BCUT2D eigenvalue weighted by Crippen LogP contribution is -2.26. The smallest absolute Gasteiger partial charge is 0.225 e. The molecule has 0 saturated heterocycles. The van der Waals surface area contributed by atoms with Crippen molar-refractivity contribution >= 4 is 28.1 Å². The Hall–Kier alpha value is -2.07. The molecule has 3 rings (SSSR count). The van der Waals surface area contributed by atoms with E-state index in [1.54, 1.807) is 11.3 Å². The van der Waals surface area contributed by atoms with E-state index in [-0.39, 0.29) is 5.91 Å². The fraction of sp³-hybridized carbons (Fsp3) is 0.188. The number of amides is 1. The molecule has 0 aliphatic rings. The molecule has 3 aromatic rings. The molecule has 1 amide bonds. The average molecular weight is 284 g/mol. The zero-order chi connectivity index (χ0) is 13.8. The first-order valence-electron chi connectivity index (χ1n) is 6.66. The van der Waals surface area contributed by atoms with Gasteiger partial charge in [0.1, 0.15) is 0 Å². The van der Waals surface area contributed by atoms with Gasteiger partial charge in [-0.25, -0.2) is 0 Å². The summed E-state index contributed by atoms with van der Waals surface area (Å²) < 4.78 is 0. The van der Waals surface area contributed by atoms with Gasteiger partial charge in [0.15, 0.2) is 0 Å². The number of aromatic amines is 1. The second-order valence-corrected chi connectivity index (χ2v) is 5.79. The van der Waals surface area contributed by atoms with E-state index >= 15 is 0 Å². The third-order valence-corrected chi connectivity index (χ3v) is 4.14. The minimum Gasteiger partial charge on any atom is -0.361 e. The summed E-state index contributed by atoms with van der Waals surface area (Å²) in [7, 11) is 0. The van der Waals surface area contributed by atoms with Crippen LogP contribution in [0.4, 0.5) is 0 Å². The van der Waals surface area contributed by atoms with Gasteiger partial charge in [0.25, 0.3) is 0 Å². The molecular formula is C16H16N2OS. The van der Waals surface area contributed by atoms with E-state index < -0.39 is 0 Å². The van der Waals surface area contributed by atoms with Crippen LogP contribution in [0.2, 0.25) is 0 Å². The van der Waals surface area contributed by atoms with Crippen LogP contribution >= 0.6 is 11.3 Å². The normalized spacial score (nSPS) is 10.8. The van der Waals surface area contributed by atoms with Crippen LogP contribution in [0.3, 0.4) is 0 Å². The largest absolute Gasteiger partial charge is 0.361 e. The molecule has 102 valence electrons. The van der Waals surface area contributed by atoms with Crippen molar-refractivity contribution < 1.29 is 4.79 Å². The minimum atomic E-state index is 0.0928. The number of hydrogen-bond acceptors (Lipinski definition) is 2. The maximum Gasteiger partial charge on any atom is 0.225 e. The highest BCUT2D eigenvalue weighted by Crippen LogP contribution is 2.14. The summed E-state index contributed by atoms with van der Waals surface area (Å²) in [5.74, 6) is 0.0928. The van der Waals surface area contributed by atoms with Gasteiger partial charge < -0.3 is 10.3 Å². The van der Waals surface area contributed by atoms with Gasteiger partial charge >= 0.3 is 0 Å². The zero-order valence-electron chi connectivity index (χ0n) is 11.1. The number of carbonyl (C=O) groups excluding carboxylic acids is 1. The molecule has 3 nitrogen and oxygen atoms in total. The third kappa shape index (κ3) is 3.08. The summed E-state index contributed by atoms with van der Waals surface area (Å²) in [5, 5.41) is 6.18. The van der Waals surface area contributed by atoms with Crippen molar-refractivity contribution in [2.45, 2.75) is 12.8 Å². The highest BCUT2D eigenvalue weighted by Gasteiger charge is 2.04. The van der Waals surface area contributed by atoms with Crippen molar-refractivity contribution in [3.05, 3.63) is 58.4 Å². The number of carbonyl (C=O) groups is 1. The first-order valence-corrected chi connectivity index (χ1v) is 7.54. The summed E-state index contributed by atoms with van der Waals surface area (Å²) in [6.45, 7) is 0.681. The molecule has 0 spiro atoms. The highest BCUT2D eigenvalue weighted by atomic mass is 32.1. The number of hydrogen-bond donors (Lipinski definition) is 2. The van der Waals surface area contributed by atoms with Crippen LogP contribution in [0.5, 0.6) is 0 Å². The Morgan fingerprint density at radius 3 is 3.05 bits per heavy atom. The van der Waals surface area contributed by atoms with Crippen LogP contribution < -0.4 is 5.32 Å². The third-order valence-electron chi connectivity index (χ3n) is 3.27. The SMILES string of the molecule is O=C(Cc1cccs1)NCCc1ccc2[nH]ccc2c1. The summed E-state index contributed by atoms with van der Waals surface area (Å²) in [4.78, 5) is 16.0. The van der Waals surface area contributed by atoms with Gasteiger partial charge in [-0.3, -0.25) is 4.79 Å². The van der Waals surface area contributed by atoms with Crippen molar-refractivity contribution in [1.82, 2.24) is 10.3 Å². The molecule has 0 fully saturated rings. The quantitative estimate of drug-likeness (QED) is 0.743. The summed E-state index contributed by atoms with van der Waals surface area (Å²) >= 11 is 1.62. The van der Waals surface area contributed by atoms with Gasteiger partial charge in [-0.05, 0) is 47.0 Å². The van der Waals surface area contributed by atoms with Crippen LogP contribution in [0.25, 0.3) is 10.9 Å². The van der Waals surface area contributed by atoms with E-state index in [4.69, 9.17) is 0 Å². The molecule has 2 N–H and O–H groups in total. The molecule has 0 aliphatic carbocycles. The van der Waals surface area contributed by atoms with Gasteiger partial charge in [0, 0.05) is 23.1 Å². The lowest BCUT2D eigenvalue weighted by Gasteiger charge is -2.05. The van der Waals surface area contributed by atoms with Crippen LogP contribution in [0, 0.1) is 0 Å². The van der Waals surface area contributed by atoms with Gasteiger partial charge in [0.05, 0.1) is 6.42 Å². The van der Waals surface area contributed by atoms with Crippen molar-refractivity contribution in [3.63, 3.8) is 0 Å². The van der Waals surface area contributed by atoms with Gasteiger partial charge in [-0.2, -0.15) is 0 Å². The van der Waals surface area contributed by atoms with E-state index in [1.165, 1.54) is 10.9 Å². The highest BCUT2D eigenvalue weighted by molar-refractivity contribution is 7.10. The molecule has 0 saturated carbocycles. The predicted molar refractivity (Wildman–Crippen MR) is 83.0 cm³/mol. The van der Waals surface area contributed by atoms with E-state index in [0.29, 0.717) is 13.0 Å². The summed E-state index contributed by atoms with van der Waals surface area (Å²) in [6, 6.07) is 12.4. The van der Waals surface area contributed by atoms with Crippen molar-refractivity contribution in [2.75, 3.05) is 6.54 Å². The second-order valence-electron chi connectivity index (χ2n) is 4.76. The summed E-state index contributed by atoms with van der Waals surface area (Å²) in [6.07, 6.45) is 3.28. The minimum absolute atomic E-state index is 0.0928. The predicted octanol–water partition coefficient (Wildman–Crippen LogP) is 3.13. The molecule has 0 radical (unpaired) electrons. The Balaban J connectivity index is 1.50. The molecule has 0 unspecified atom stereocenters. The molecular weight excluding hydrogens is 268 g/mol. The number of aromatic nitrogens is 1. The topological polar surface area (TPSA) is 44.9 Å². The Morgan fingerprint density at radius 1 is 1.25 bits per heavy atom. The zero-order valence-corrected chi connectivity index (χ0v) is 11.9. The van der Waals surface area contributed by atoms with E-state index in [2.05, 4.69) is 34.6 Å². The fourth-order valence-electron chi connectivity index (χ4n) is 2.24. The van der Waals surface area contributed by atoms with Crippen molar-refractivity contribution in [1.29, 1.82) is 0 Å². The number of benzene rings is 1. The molecule has 20 heavy (non-hydrogen) atoms. The molecule has 0 aliphatic heterocycles. The Bertz CT molecular complexity index is 700. The van der Waals surface area contributed by atoms with Crippen molar-refractivity contribution in [3.8, 4) is 0 Å². The van der Waals surface area contributed by atoms with E-state index in [1.807, 2.05) is 23.7 Å². The number of thiophene rings is 1. The molecule has 2 heterocycles.